The summed E-state index contributed by atoms with van der Waals surface area (Å²) in [5.41, 5.74) is 0.923. The van der Waals surface area contributed by atoms with Gasteiger partial charge in [-0.3, -0.25) is 0 Å². The summed E-state index contributed by atoms with van der Waals surface area (Å²) in [5.74, 6) is 0.539. The number of nitrogens with zero attached hydrogens (tertiary/aromatic N) is 1. The number of ether oxygens (including phenoxy) is 2. The van der Waals surface area contributed by atoms with Gasteiger partial charge in [0.25, 0.3) is 0 Å². The first-order valence-corrected chi connectivity index (χ1v) is 8.16. The fourth-order valence-electron chi connectivity index (χ4n) is 2.43. The average molecular weight is 344 g/mol. The van der Waals surface area contributed by atoms with Gasteiger partial charge in [-0.15, -0.1) is 0 Å². The van der Waals surface area contributed by atoms with E-state index in [4.69, 9.17) is 21.1 Å². The molecule has 1 fully saturated rings. The minimum absolute atomic E-state index is 0.182. The van der Waals surface area contributed by atoms with Crippen LogP contribution in [-0.2, 0) is 4.74 Å². The monoisotopic (exact) mass is 343 g/mol. The van der Waals surface area contributed by atoms with Crippen molar-refractivity contribution in [1.29, 1.82) is 0 Å². The molecule has 1 unspecified atom stereocenters. The lowest BCUT2D eigenvalue weighted by Gasteiger charge is -2.30. The lowest BCUT2D eigenvalue weighted by molar-refractivity contribution is 0.00415. The summed E-state index contributed by atoms with van der Waals surface area (Å²) in [6.07, 6.45) is 3.29. The van der Waals surface area contributed by atoms with Gasteiger partial charge in [0.1, 0.15) is 5.75 Å². The van der Waals surface area contributed by atoms with E-state index in [2.05, 4.69) is 0 Å². The van der Waals surface area contributed by atoms with Crippen LogP contribution >= 0.6 is 11.6 Å². The van der Waals surface area contributed by atoms with E-state index in [0.717, 1.165) is 5.56 Å². The van der Waals surface area contributed by atoms with Crippen LogP contribution in [0.5, 0.6) is 5.75 Å². The van der Waals surface area contributed by atoms with Crippen LogP contribution in [0.1, 0.15) is 5.56 Å². The molecular weight excluding hydrogens is 326 g/mol. The van der Waals surface area contributed by atoms with E-state index in [1.807, 2.05) is 54.6 Å². The third-order valence-electron chi connectivity index (χ3n) is 3.70. The van der Waals surface area contributed by atoms with Gasteiger partial charge in [-0.1, -0.05) is 60.2 Å². The third kappa shape index (κ3) is 4.37. The molecule has 1 saturated heterocycles. The second kappa shape index (κ2) is 7.99. The summed E-state index contributed by atoms with van der Waals surface area (Å²) in [7, 11) is 0. The maximum Gasteiger partial charge on any atom is 0.415 e. The highest BCUT2D eigenvalue weighted by molar-refractivity contribution is 6.32. The Labute approximate surface area is 146 Å². The van der Waals surface area contributed by atoms with Crippen molar-refractivity contribution < 1.29 is 14.3 Å². The minimum atomic E-state index is -0.361. The molecule has 2 aromatic carbocycles. The third-order valence-corrected chi connectivity index (χ3v) is 4.04. The van der Waals surface area contributed by atoms with Crippen LogP contribution in [0.15, 0.2) is 60.7 Å². The van der Waals surface area contributed by atoms with Crippen LogP contribution in [0, 0.1) is 0 Å². The van der Waals surface area contributed by atoms with Crippen LogP contribution < -0.4 is 4.74 Å². The molecule has 1 aliphatic rings. The molecule has 0 aromatic heterocycles. The zero-order chi connectivity index (χ0) is 16.8. The summed E-state index contributed by atoms with van der Waals surface area (Å²) in [4.78, 5) is 13.9. The quantitative estimate of drug-likeness (QED) is 0.836. The van der Waals surface area contributed by atoms with Crippen LogP contribution in [0.25, 0.3) is 6.08 Å². The number of para-hydroxylation sites is 1. The maximum atomic E-state index is 12.2. The topological polar surface area (TPSA) is 38.8 Å². The van der Waals surface area contributed by atoms with E-state index in [-0.39, 0.29) is 12.2 Å². The van der Waals surface area contributed by atoms with Crippen molar-refractivity contribution in [2.24, 2.45) is 0 Å². The van der Waals surface area contributed by atoms with Gasteiger partial charge in [-0.2, -0.15) is 0 Å². The molecule has 4 nitrogen and oxygen atoms in total. The number of carbonyl (C=O) groups is 1. The Morgan fingerprint density at radius 3 is 2.71 bits per heavy atom. The fraction of sp³-hybridized carbons (Fsp3) is 0.211. The van der Waals surface area contributed by atoms with E-state index >= 15 is 0 Å². The summed E-state index contributed by atoms with van der Waals surface area (Å²) >= 11 is 6.13. The van der Waals surface area contributed by atoms with Crippen molar-refractivity contribution in [1.82, 2.24) is 4.90 Å². The van der Waals surface area contributed by atoms with Crippen LogP contribution in [-0.4, -0.2) is 36.8 Å². The normalized spacial score (nSPS) is 17.9. The Bertz CT molecular complexity index is 718. The molecule has 1 heterocycles. The number of amides is 1. The van der Waals surface area contributed by atoms with Crippen molar-refractivity contribution in [2.75, 3.05) is 19.7 Å². The molecule has 2 aromatic rings. The van der Waals surface area contributed by atoms with Crippen LogP contribution in [0.2, 0.25) is 5.02 Å². The van der Waals surface area contributed by atoms with Crippen molar-refractivity contribution in [3.05, 3.63) is 71.3 Å². The Morgan fingerprint density at radius 1 is 1.17 bits per heavy atom. The molecule has 0 radical (unpaired) electrons. The summed E-state index contributed by atoms with van der Waals surface area (Å²) in [5, 5.41) is 0.685. The molecule has 1 aliphatic heterocycles. The van der Waals surface area contributed by atoms with E-state index in [1.165, 1.54) is 0 Å². The molecule has 0 spiro atoms. The molecule has 5 heteroatoms. The van der Waals surface area contributed by atoms with Crippen molar-refractivity contribution in [3.63, 3.8) is 0 Å². The number of rotatable bonds is 3. The van der Waals surface area contributed by atoms with Crippen molar-refractivity contribution in [3.8, 4) is 5.75 Å². The highest BCUT2D eigenvalue weighted by Gasteiger charge is 2.24. The second-order valence-corrected chi connectivity index (χ2v) is 5.82. The first-order valence-electron chi connectivity index (χ1n) is 7.78. The molecule has 0 N–H and O–H groups in total. The number of morpholine rings is 1. The Morgan fingerprint density at radius 2 is 1.92 bits per heavy atom. The number of carbonyl (C=O) groups excluding carboxylic acids is 1. The van der Waals surface area contributed by atoms with Gasteiger partial charge in [0, 0.05) is 11.6 Å². The lowest BCUT2D eigenvalue weighted by Crippen LogP contribution is -2.46. The van der Waals surface area contributed by atoms with Crippen molar-refractivity contribution in [2.45, 2.75) is 6.10 Å². The maximum absolute atomic E-state index is 12.2. The van der Waals surface area contributed by atoms with Crippen LogP contribution in [0.4, 0.5) is 4.79 Å². The predicted octanol–water partition coefficient (Wildman–Crippen LogP) is 4.25. The molecule has 0 bridgehead atoms. The minimum Gasteiger partial charge on any atom is -0.410 e. The van der Waals surface area contributed by atoms with Crippen LogP contribution in [0.3, 0.4) is 0 Å². The molecule has 3 rings (SSSR count). The Kier molecular flexibility index (Phi) is 5.51. The average Bonchev–Trinajstić information content (AvgIpc) is 2.62. The number of halogens is 1. The molecule has 0 aliphatic carbocycles. The summed E-state index contributed by atoms with van der Waals surface area (Å²) in [6.45, 7) is 1.44. The van der Waals surface area contributed by atoms with Gasteiger partial charge in [0.05, 0.1) is 19.3 Å². The molecule has 1 atom stereocenters. The van der Waals surface area contributed by atoms with E-state index in [9.17, 15) is 4.79 Å². The molecule has 1 amide bonds. The number of hydrogen-bond acceptors (Lipinski definition) is 3. The lowest BCUT2D eigenvalue weighted by atomic mass is 10.1. The first kappa shape index (κ1) is 16.6. The van der Waals surface area contributed by atoms with E-state index in [0.29, 0.717) is 30.5 Å². The molecular formula is C19H18ClNO3. The standard InChI is InChI=1S/C19H18ClNO3/c20-18-9-5-4-6-15(18)10-11-17-14-21(12-13-23-17)19(22)24-16-7-2-1-3-8-16/h1-11,17H,12-14H2/b11-10+. The summed E-state index contributed by atoms with van der Waals surface area (Å²) in [6, 6.07) is 16.6. The Balaban J connectivity index is 1.60. The van der Waals surface area contributed by atoms with E-state index in [1.54, 1.807) is 17.0 Å². The molecule has 124 valence electrons. The SMILES string of the molecule is O=C(Oc1ccccc1)N1CCOC(/C=C/c2ccccc2Cl)C1. The number of hydrogen-bond donors (Lipinski definition) is 0. The molecule has 0 saturated carbocycles. The number of benzene rings is 2. The summed E-state index contributed by atoms with van der Waals surface area (Å²) < 4.78 is 11.1. The van der Waals surface area contributed by atoms with Gasteiger partial charge < -0.3 is 14.4 Å². The zero-order valence-corrected chi connectivity index (χ0v) is 13.9. The zero-order valence-electron chi connectivity index (χ0n) is 13.1. The predicted molar refractivity (Wildman–Crippen MR) is 94.3 cm³/mol. The van der Waals surface area contributed by atoms with E-state index < -0.39 is 0 Å². The van der Waals surface area contributed by atoms with Gasteiger partial charge in [-0.05, 0) is 23.8 Å². The fourth-order valence-corrected chi connectivity index (χ4v) is 2.63. The van der Waals surface area contributed by atoms with Gasteiger partial charge in [-0.25, -0.2) is 4.79 Å². The highest BCUT2D eigenvalue weighted by Crippen LogP contribution is 2.18. The van der Waals surface area contributed by atoms with Crippen molar-refractivity contribution >= 4 is 23.8 Å². The van der Waals surface area contributed by atoms with Gasteiger partial charge in [0.15, 0.2) is 0 Å². The van der Waals surface area contributed by atoms with Gasteiger partial charge >= 0.3 is 6.09 Å². The smallest absolute Gasteiger partial charge is 0.410 e. The largest absolute Gasteiger partial charge is 0.415 e. The highest BCUT2D eigenvalue weighted by atomic mass is 35.5. The first-order chi connectivity index (χ1) is 11.7. The second-order valence-electron chi connectivity index (χ2n) is 5.42. The Hall–Kier alpha value is -2.30. The molecule has 24 heavy (non-hydrogen) atoms. The van der Waals surface area contributed by atoms with Gasteiger partial charge in [0.2, 0.25) is 0 Å².